The minimum Gasteiger partial charge on any atom is -0.497 e. The molecule has 0 saturated carbocycles. The maximum atomic E-state index is 13.0. The predicted molar refractivity (Wildman–Crippen MR) is 123 cm³/mol. The van der Waals surface area contributed by atoms with Gasteiger partial charge in [0.2, 0.25) is 11.6 Å². The summed E-state index contributed by atoms with van der Waals surface area (Å²) >= 11 is 0. The molecule has 8 heteroatoms. The summed E-state index contributed by atoms with van der Waals surface area (Å²) in [4.78, 5) is 25.2. The van der Waals surface area contributed by atoms with Crippen molar-refractivity contribution in [2.24, 2.45) is 0 Å². The van der Waals surface area contributed by atoms with Crippen LogP contribution in [0.1, 0.15) is 29.8 Å². The van der Waals surface area contributed by atoms with Crippen LogP contribution in [0.4, 0.5) is 5.69 Å². The SMILES string of the molecule is COc1cccc(NC(=O)CCCc2nnc3c(=O)n(-c4cc(C)cc(C)c4)ccn23)c1. The highest BCUT2D eigenvalue weighted by molar-refractivity contribution is 5.90. The average molecular weight is 431 g/mol. The lowest BCUT2D eigenvalue weighted by molar-refractivity contribution is -0.116. The van der Waals surface area contributed by atoms with Gasteiger partial charge in [-0.1, -0.05) is 12.1 Å². The summed E-state index contributed by atoms with van der Waals surface area (Å²) in [5.41, 5.74) is 3.69. The highest BCUT2D eigenvalue weighted by Gasteiger charge is 2.13. The highest BCUT2D eigenvalue weighted by Crippen LogP contribution is 2.17. The van der Waals surface area contributed by atoms with Gasteiger partial charge >= 0.3 is 5.56 Å². The number of carbonyl (C=O) groups is 1. The van der Waals surface area contributed by atoms with E-state index >= 15 is 0 Å². The van der Waals surface area contributed by atoms with Crippen molar-refractivity contribution in [2.45, 2.75) is 33.1 Å². The Bertz CT molecular complexity index is 1320. The Kier molecular flexibility index (Phi) is 6.02. The van der Waals surface area contributed by atoms with Crippen molar-refractivity contribution in [2.75, 3.05) is 12.4 Å². The molecule has 4 rings (SSSR count). The van der Waals surface area contributed by atoms with Crippen LogP contribution in [0, 0.1) is 13.8 Å². The van der Waals surface area contributed by atoms with E-state index in [0.717, 1.165) is 16.8 Å². The number of nitrogens with zero attached hydrogens (tertiary/aromatic N) is 4. The quantitative estimate of drug-likeness (QED) is 0.484. The standard InChI is InChI=1S/C24H25N5O3/c1-16-12-17(2)14-19(13-16)28-10-11-29-21(26-27-23(29)24(28)31)8-5-9-22(30)25-18-6-4-7-20(15-18)32-3/h4,6-7,10-15H,5,8-9H2,1-3H3,(H,25,30). The Morgan fingerprint density at radius 3 is 2.59 bits per heavy atom. The van der Waals surface area contributed by atoms with E-state index in [1.165, 1.54) is 0 Å². The molecule has 0 unspecified atom stereocenters. The van der Waals surface area contributed by atoms with Gasteiger partial charge in [-0.05, 0) is 55.7 Å². The molecule has 2 heterocycles. The topological polar surface area (TPSA) is 90.5 Å². The minimum atomic E-state index is -0.230. The van der Waals surface area contributed by atoms with Crippen molar-refractivity contribution in [3.05, 3.63) is 82.2 Å². The van der Waals surface area contributed by atoms with Crippen molar-refractivity contribution in [1.29, 1.82) is 0 Å². The fourth-order valence-corrected chi connectivity index (χ4v) is 3.73. The molecule has 8 nitrogen and oxygen atoms in total. The normalized spacial score (nSPS) is 11.0. The van der Waals surface area contributed by atoms with Crippen molar-refractivity contribution < 1.29 is 9.53 Å². The molecule has 2 aromatic carbocycles. The molecule has 0 radical (unpaired) electrons. The van der Waals surface area contributed by atoms with E-state index in [0.29, 0.717) is 36.5 Å². The largest absolute Gasteiger partial charge is 0.497 e. The van der Waals surface area contributed by atoms with Crippen LogP contribution in [0.25, 0.3) is 11.3 Å². The zero-order valence-corrected chi connectivity index (χ0v) is 18.3. The van der Waals surface area contributed by atoms with Gasteiger partial charge in [-0.3, -0.25) is 18.6 Å². The monoisotopic (exact) mass is 431 g/mol. The van der Waals surface area contributed by atoms with Gasteiger partial charge in [0.15, 0.2) is 0 Å². The Morgan fingerprint density at radius 2 is 1.84 bits per heavy atom. The van der Waals surface area contributed by atoms with Gasteiger partial charge < -0.3 is 10.1 Å². The second-order valence-corrected chi connectivity index (χ2v) is 7.76. The number of rotatable bonds is 7. The molecular weight excluding hydrogens is 406 g/mol. The van der Waals surface area contributed by atoms with Crippen LogP contribution in [0.15, 0.2) is 59.7 Å². The summed E-state index contributed by atoms with van der Waals surface area (Å²) in [6.07, 6.45) is 4.95. The molecular formula is C24H25N5O3. The summed E-state index contributed by atoms with van der Waals surface area (Å²) in [6.45, 7) is 4.00. The maximum Gasteiger partial charge on any atom is 0.300 e. The molecule has 0 aliphatic rings. The molecule has 4 aromatic rings. The number of anilines is 1. The lowest BCUT2D eigenvalue weighted by Gasteiger charge is -2.09. The van der Waals surface area contributed by atoms with Crippen LogP contribution >= 0.6 is 0 Å². The molecule has 0 bridgehead atoms. The fourth-order valence-electron chi connectivity index (χ4n) is 3.73. The van der Waals surface area contributed by atoms with Crippen molar-refractivity contribution in [3.63, 3.8) is 0 Å². The second-order valence-electron chi connectivity index (χ2n) is 7.76. The van der Waals surface area contributed by atoms with Gasteiger partial charge in [0, 0.05) is 42.7 Å². The number of benzene rings is 2. The van der Waals surface area contributed by atoms with Gasteiger partial charge in [-0.2, -0.15) is 0 Å². The van der Waals surface area contributed by atoms with E-state index < -0.39 is 0 Å². The molecule has 0 aliphatic carbocycles. The van der Waals surface area contributed by atoms with Crippen molar-refractivity contribution in [1.82, 2.24) is 19.2 Å². The number of hydrogen-bond donors (Lipinski definition) is 1. The second kappa shape index (κ2) is 9.05. The number of fused-ring (bicyclic) bond motifs is 1. The number of nitrogens with one attached hydrogen (secondary N) is 1. The smallest absolute Gasteiger partial charge is 0.300 e. The van der Waals surface area contributed by atoms with E-state index in [4.69, 9.17) is 4.74 Å². The van der Waals surface area contributed by atoms with Gasteiger partial charge in [0.25, 0.3) is 0 Å². The number of carbonyl (C=O) groups excluding carboxylic acids is 1. The lowest BCUT2D eigenvalue weighted by Crippen LogP contribution is -2.20. The van der Waals surface area contributed by atoms with Crippen LogP contribution in [0.5, 0.6) is 5.75 Å². The Morgan fingerprint density at radius 1 is 1.06 bits per heavy atom. The number of aryl methyl sites for hydroxylation is 3. The van der Waals surface area contributed by atoms with E-state index in [9.17, 15) is 9.59 Å². The fraction of sp³-hybridized carbons (Fsp3) is 0.250. The molecule has 1 N–H and O–H groups in total. The minimum absolute atomic E-state index is 0.0933. The van der Waals surface area contributed by atoms with Crippen LogP contribution in [-0.4, -0.2) is 32.2 Å². The first-order chi connectivity index (χ1) is 15.4. The predicted octanol–water partition coefficient (Wildman–Crippen LogP) is 3.47. The third-order valence-electron chi connectivity index (χ3n) is 5.18. The molecule has 32 heavy (non-hydrogen) atoms. The van der Waals surface area contributed by atoms with Crippen molar-refractivity contribution in [3.8, 4) is 11.4 Å². The first kappa shape index (κ1) is 21.3. The van der Waals surface area contributed by atoms with E-state index in [1.807, 2.05) is 44.2 Å². The number of methoxy groups -OCH3 is 1. The highest BCUT2D eigenvalue weighted by atomic mass is 16.5. The number of hydrogen-bond acceptors (Lipinski definition) is 5. The number of aromatic nitrogens is 4. The molecule has 0 spiro atoms. The summed E-state index contributed by atoms with van der Waals surface area (Å²) in [7, 11) is 1.58. The Labute approximate surface area is 185 Å². The molecule has 0 fully saturated rings. The van der Waals surface area contributed by atoms with E-state index in [-0.39, 0.29) is 17.1 Å². The number of ether oxygens (including phenoxy) is 1. The van der Waals surface area contributed by atoms with Gasteiger partial charge in [-0.25, -0.2) is 0 Å². The zero-order valence-electron chi connectivity index (χ0n) is 18.3. The molecule has 2 aromatic heterocycles. The number of amides is 1. The van der Waals surface area contributed by atoms with E-state index in [2.05, 4.69) is 21.6 Å². The average Bonchev–Trinajstić information content (AvgIpc) is 3.17. The Balaban J connectivity index is 1.44. The van der Waals surface area contributed by atoms with Gasteiger partial charge in [0.1, 0.15) is 11.6 Å². The summed E-state index contributed by atoms with van der Waals surface area (Å²) in [5, 5.41) is 11.1. The lowest BCUT2D eigenvalue weighted by atomic mass is 10.1. The molecule has 0 saturated heterocycles. The van der Waals surface area contributed by atoms with Crippen LogP contribution < -0.4 is 15.6 Å². The molecule has 0 atom stereocenters. The summed E-state index contributed by atoms with van der Waals surface area (Å²) < 4.78 is 8.44. The zero-order chi connectivity index (χ0) is 22.7. The Hall–Kier alpha value is -3.94. The van der Waals surface area contributed by atoms with Crippen LogP contribution in [0.3, 0.4) is 0 Å². The summed E-state index contributed by atoms with van der Waals surface area (Å²) in [5.74, 6) is 1.24. The molecule has 0 aliphatic heterocycles. The first-order valence-electron chi connectivity index (χ1n) is 10.4. The van der Waals surface area contributed by atoms with Crippen LogP contribution in [-0.2, 0) is 11.2 Å². The third-order valence-corrected chi connectivity index (χ3v) is 5.18. The maximum absolute atomic E-state index is 13.0. The van der Waals surface area contributed by atoms with Gasteiger partial charge in [-0.15, -0.1) is 10.2 Å². The van der Waals surface area contributed by atoms with Crippen molar-refractivity contribution >= 4 is 17.2 Å². The summed E-state index contributed by atoms with van der Waals surface area (Å²) in [6, 6.07) is 13.2. The first-order valence-corrected chi connectivity index (χ1v) is 10.4. The molecule has 164 valence electrons. The third kappa shape index (κ3) is 4.54. The van der Waals surface area contributed by atoms with Gasteiger partial charge in [0.05, 0.1) is 7.11 Å². The van der Waals surface area contributed by atoms with Crippen LogP contribution in [0.2, 0.25) is 0 Å². The molecule has 1 amide bonds. The van der Waals surface area contributed by atoms with E-state index in [1.54, 1.807) is 34.5 Å².